The van der Waals surface area contributed by atoms with Gasteiger partial charge >= 0.3 is 5.97 Å². The number of amides is 2. The Balaban J connectivity index is 1.92. The standard InChI is InChI=1S/C27H41BrN2O6/c1-5-8-10-12-15-35-26(34)20-21-24(32)30(18(4)17-31)23(27(21)16-19(28)22(20)36-27)25(33)29(13-7-3)14-11-9-6-2/h5,7,18-23,31H,1,3,6,8-17H2,2,4H3/t18-,19?,20-,21+,22-,23?,27?/m1/s1. The first kappa shape index (κ1) is 28.9. The predicted molar refractivity (Wildman–Crippen MR) is 140 cm³/mol. The summed E-state index contributed by atoms with van der Waals surface area (Å²) in [7, 11) is 0. The molecule has 0 aromatic rings. The molecule has 2 bridgehead atoms. The average molecular weight is 570 g/mol. The molecule has 0 aromatic heterocycles. The highest BCUT2D eigenvalue weighted by Gasteiger charge is 2.77. The van der Waals surface area contributed by atoms with Crippen LogP contribution in [0.15, 0.2) is 25.3 Å². The Kier molecular flexibility index (Phi) is 10.2. The number of ether oxygens (including phenoxy) is 2. The molecule has 2 amide bonds. The van der Waals surface area contributed by atoms with Gasteiger partial charge in [-0.15, -0.1) is 13.2 Å². The van der Waals surface area contributed by atoms with Crippen molar-refractivity contribution in [3.63, 3.8) is 0 Å². The van der Waals surface area contributed by atoms with Gasteiger partial charge in [0.1, 0.15) is 11.6 Å². The predicted octanol–water partition coefficient (Wildman–Crippen LogP) is 3.22. The summed E-state index contributed by atoms with van der Waals surface area (Å²) < 4.78 is 12.1. The molecule has 0 aliphatic carbocycles. The van der Waals surface area contributed by atoms with Gasteiger partial charge in [-0.05, 0) is 39.0 Å². The lowest BCUT2D eigenvalue weighted by Crippen LogP contribution is -2.58. The Morgan fingerprint density at radius 3 is 2.69 bits per heavy atom. The second-order valence-corrected chi connectivity index (χ2v) is 11.3. The van der Waals surface area contributed by atoms with E-state index in [0.29, 0.717) is 25.9 Å². The SMILES string of the molecule is C=CCCCCOC(=O)[C@H]1[C@@H]2OC3(CC2Br)C(C(=O)N(CC=C)CCCCC)N([C@H](C)CO)C(=O)[C@H]13. The third-order valence-electron chi connectivity index (χ3n) is 7.71. The van der Waals surface area contributed by atoms with Crippen molar-refractivity contribution in [2.45, 2.75) is 87.4 Å². The van der Waals surface area contributed by atoms with E-state index in [1.165, 1.54) is 4.90 Å². The van der Waals surface area contributed by atoms with Crippen LogP contribution >= 0.6 is 15.9 Å². The number of rotatable bonds is 15. The number of carbonyl (C=O) groups is 3. The summed E-state index contributed by atoms with van der Waals surface area (Å²) in [5.74, 6) is -2.62. The van der Waals surface area contributed by atoms with E-state index in [4.69, 9.17) is 9.47 Å². The molecule has 3 aliphatic heterocycles. The minimum atomic E-state index is -1.15. The van der Waals surface area contributed by atoms with Crippen molar-refractivity contribution in [3.05, 3.63) is 25.3 Å². The molecule has 1 spiro atoms. The largest absolute Gasteiger partial charge is 0.465 e. The maximum atomic E-state index is 14.1. The zero-order valence-electron chi connectivity index (χ0n) is 21.6. The molecule has 3 rings (SSSR count). The fourth-order valence-electron chi connectivity index (χ4n) is 6.01. The highest BCUT2D eigenvalue weighted by Crippen LogP contribution is 2.60. The van der Waals surface area contributed by atoms with Gasteiger partial charge in [0.25, 0.3) is 0 Å². The fraction of sp³-hybridized carbons (Fsp3) is 0.741. The minimum Gasteiger partial charge on any atom is -0.465 e. The zero-order chi connectivity index (χ0) is 26.5. The van der Waals surface area contributed by atoms with Crippen LogP contribution in [-0.2, 0) is 23.9 Å². The van der Waals surface area contributed by atoms with Crippen molar-refractivity contribution < 1.29 is 29.0 Å². The number of hydrogen-bond acceptors (Lipinski definition) is 6. The van der Waals surface area contributed by atoms with Crippen LogP contribution in [0, 0.1) is 11.8 Å². The summed E-state index contributed by atoms with van der Waals surface area (Å²) in [5.41, 5.74) is -1.15. The fourth-order valence-corrected chi connectivity index (χ4v) is 6.95. The molecule has 3 aliphatic rings. The minimum absolute atomic E-state index is 0.188. The van der Waals surface area contributed by atoms with Gasteiger partial charge < -0.3 is 24.4 Å². The molecular formula is C27H41BrN2O6. The smallest absolute Gasteiger partial charge is 0.312 e. The lowest BCUT2D eigenvalue weighted by atomic mass is 9.70. The number of alkyl halides is 1. The Hall–Kier alpha value is -1.71. The number of likely N-dealkylation sites (tertiary alicyclic amines) is 1. The first-order valence-electron chi connectivity index (χ1n) is 13.2. The molecule has 202 valence electrons. The second kappa shape index (κ2) is 12.7. The molecule has 3 fully saturated rings. The second-order valence-electron chi connectivity index (χ2n) is 10.2. The number of aliphatic hydroxyl groups excluding tert-OH is 1. The van der Waals surface area contributed by atoms with Gasteiger partial charge in [-0.1, -0.05) is 47.8 Å². The van der Waals surface area contributed by atoms with Crippen molar-refractivity contribution in [1.82, 2.24) is 9.80 Å². The molecule has 0 saturated carbocycles. The van der Waals surface area contributed by atoms with E-state index in [1.54, 1.807) is 17.9 Å². The Morgan fingerprint density at radius 2 is 2.06 bits per heavy atom. The highest BCUT2D eigenvalue weighted by atomic mass is 79.9. The number of halogens is 1. The quantitative estimate of drug-likeness (QED) is 0.141. The van der Waals surface area contributed by atoms with E-state index in [1.807, 2.05) is 6.08 Å². The number of nitrogens with zero attached hydrogens (tertiary/aromatic N) is 2. The number of allylic oxidation sites excluding steroid dienone is 1. The average Bonchev–Trinajstić information content (AvgIpc) is 3.45. The summed E-state index contributed by atoms with van der Waals surface area (Å²) in [4.78, 5) is 44.2. The molecular weight excluding hydrogens is 528 g/mol. The molecule has 8 nitrogen and oxygen atoms in total. The van der Waals surface area contributed by atoms with E-state index in [-0.39, 0.29) is 29.9 Å². The third-order valence-corrected chi connectivity index (χ3v) is 8.56. The molecule has 1 N–H and O–H groups in total. The van der Waals surface area contributed by atoms with Crippen molar-refractivity contribution in [2.75, 3.05) is 26.3 Å². The Bertz CT molecular complexity index is 837. The molecule has 3 saturated heterocycles. The van der Waals surface area contributed by atoms with Crippen molar-refractivity contribution in [3.8, 4) is 0 Å². The molecule has 0 radical (unpaired) electrons. The zero-order valence-corrected chi connectivity index (χ0v) is 23.2. The monoisotopic (exact) mass is 568 g/mol. The number of hydrogen-bond donors (Lipinski definition) is 1. The van der Waals surface area contributed by atoms with Crippen LogP contribution in [0.4, 0.5) is 0 Å². The van der Waals surface area contributed by atoms with Gasteiger partial charge in [0.15, 0.2) is 0 Å². The first-order chi connectivity index (χ1) is 17.3. The van der Waals surface area contributed by atoms with Crippen molar-refractivity contribution >= 4 is 33.7 Å². The lowest BCUT2D eigenvalue weighted by molar-refractivity contribution is -0.156. The normalized spacial score (nSPS) is 31.3. The third kappa shape index (κ3) is 5.29. The van der Waals surface area contributed by atoms with Crippen LogP contribution in [0.2, 0.25) is 0 Å². The van der Waals surface area contributed by atoms with Crippen LogP contribution in [0.1, 0.15) is 58.8 Å². The van der Waals surface area contributed by atoms with Gasteiger partial charge in [0, 0.05) is 17.9 Å². The van der Waals surface area contributed by atoms with Gasteiger partial charge in [-0.2, -0.15) is 0 Å². The summed E-state index contributed by atoms with van der Waals surface area (Å²) in [6.07, 6.45) is 8.66. The van der Waals surface area contributed by atoms with Crippen LogP contribution in [-0.4, -0.2) is 87.6 Å². The van der Waals surface area contributed by atoms with Gasteiger partial charge in [-0.25, -0.2) is 0 Å². The maximum absolute atomic E-state index is 14.1. The van der Waals surface area contributed by atoms with Gasteiger partial charge in [-0.3, -0.25) is 14.4 Å². The molecule has 0 aromatic carbocycles. The van der Waals surface area contributed by atoms with Gasteiger partial charge in [0.2, 0.25) is 11.8 Å². The number of unbranched alkanes of at least 4 members (excludes halogenated alkanes) is 4. The van der Waals surface area contributed by atoms with Crippen LogP contribution < -0.4 is 0 Å². The van der Waals surface area contributed by atoms with E-state index >= 15 is 0 Å². The van der Waals surface area contributed by atoms with Crippen molar-refractivity contribution in [2.24, 2.45) is 11.8 Å². The maximum Gasteiger partial charge on any atom is 0.312 e. The van der Waals surface area contributed by atoms with E-state index in [9.17, 15) is 19.5 Å². The Morgan fingerprint density at radius 1 is 1.31 bits per heavy atom. The first-order valence-corrected chi connectivity index (χ1v) is 14.1. The molecule has 3 heterocycles. The lowest BCUT2D eigenvalue weighted by Gasteiger charge is -2.38. The summed E-state index contributed by atoms with van der Waals surface area (Å²) in [6.45, 7) is 12.2. The molecule has 9 heteroatoms. The highest BCUT2D eigenvalue weighted by molar-refractivity contribution is 9.09. The van der Waals surface area contributed by atoms with E-state index < -0.39 is 41.6 Å². The summed E-state index contributed by atoms with van der Waals surface area (Å²) in [6, 6.07) is -1.52. The number of fused-ring (bicyclic) bond motifs is 1. The van der Waals surface area contributed by atoms with Crippen LogP contribution in [0.3, 0.4) is 0 Å². The summed E-state index contributed by atoms with van der Waals surface area (Å²) >= 11 is 3.66. The van der Waals surface area contributed by atoms with Gasteiger partial charge in [0.05, 0.1) is 37.2 Å². The summed E-state index contributed by atoms with van der Waals surface area (Å²) in [5, 5.41) is 9.99. The molecule has 36 heavy (non-hydrogen) atoms. The molecule has 7 atom stereocenters. The number of esters is 1. The van der Waals surface area contributed by atoms with Crippen LogP contribution in [0.25, 0.3) is 0 Å². The van der Waals surface area contributed by atoms with E-state index in [2.05, 4.69) is 36.0 Å². The molecule has 3 unspecified atom stereocenters. The van der Waals surface area contributed by atoms with Crippen LogP contribution in [0.5, 0.6) is 0 Å². The number of carbonyl (C=O) groups excluding carboxylic acids is 3. The van der Waals surface area contributed by atoms with Crippen molar-refractivity contribution in [1.29, 1.82) is 0 Å². The topological polar surface area (TPSA) is 96.4 Å². The number of aliphatic hydroxyl groups is 1. The van der Waals surface area contributed by atoms with E-state index in [0.717, 1.165) is 32.1 Å². The Labute approximate surface area is 223 Å².